The lowest BCUT2D eigenvalue weighted by Gasteiger charge is -2.33. The van der Waals surface area contributed by atoms with Crippen LogP contribution in [-0.4, -0.2) is 81.7 Å². The number of carbonyl (C=O) groups is 2. The van der Waals surface area contributed by atoms with Crippen molar-refractivity contribution in [2.24, 2.45) is 0 Å². The zero-order valence-electron chi connectivity index (χ0n) is 14.9. The number of amides is 2. The van der Waals surface area contributed by atoms with Gasteiger partial charge in [0.1, 0.15) is 0 Å². The summed E-state index contributed by atoms with van der Waals surface area (Å²) >= 11 is 0. The van der Waals surface area contributed by atoms with Gasteiger partial charge in [-0.3, -0.25) is 9.59 Å². The standard InChI is InChI=1S/C16H24N4O4S/c1-12(21)17-15-6-5-13(25(23,24)18(2)3)11-14(15)16(22)20-9-7-19(4)8-10-20/h5-6,11H,7-10H2,1-4H3,(H,17,21). The first kappa shape index (κ1) is 19.4. The first-order valence-corrected chi connectivity index (χ1v) is 9.39. The first-order chi connectivity index (χ1) is 11.6. The minimum Gasteiger partial charge on any atom is -0.336 e. The highest BCUT2D eigenvalue weighted by Crippen LogP contribution is 2.24. The minimum absolute atomic E-state index is 0.0177. The number of sulfonamides is 1. The molecule has 138 valence electrons. The predicted molar refractivity (Wildman–Crippen MR) is 95.0 cm³/mol. The summed E-state index contributed by atoms with van der Waals surface area (Å²) in [5.74, 6) is -0.608. The van der Waals surface area contributed by atoms with Crippen LogP contribution in [0.1, 0.15) is 17.3 Å². The van der Waals surface area contributed by atoms with Crippen LogP contribution in [-0.2, 0) is 14.8 Å². The Bertz CT molecular complexity index is 768. The van der Waals surface area contributed by atoms with Crippen molar-refractivity contribution < 1.29 is 18.0 Å². The zero-order valence-corrected chi connectivity index (χ0v) is 15.8. The Morgan fingerprint density at radius 2 is 1.72 bits per heavy atom. The fourth-order valence-electron chi connectivity index (χ4n) is 2.55. The minimum atomic E-state index is -3.68. The SMILES string of the molecule is CC(=O)Nc1ccc(S(=O)(=O)N(C)C)cc1C(=O)N1CCN(C)CC1. The van der Waals surface area contributed by atoms with Gasteiger partial charge in [-0.15, -0.1) is 0 Å². The number of hydrogen-bond donors (Lipinski definition) is 1. The van der Waals surface area contributed by atoms with Crippen molar-refractivity contribution in [3.63, 3.8) is 0 Å². The second kappa shape index (κ2) is 7.51. The van der Waals surface area contributed by atoms with E-state index in [0.717, 1.165) is 17.4 Å². The van der Waals surface area contributed by atoms with E-state index >= 15 is 0 Å². The predicted octanol–water partition coefficient (Wildman–Crippen LogP) is 0.283. The Balaban J connectivity index is 2.44. The number of likely N-dealkylation sites (N-methyl/N-ethyl adjacent to an activating group) is 1. The van der Waals surface area contributed by atoms with E-state index in [-0.39, 0.29) is 22.3 Å². The molecule has 1 heterocycles. The number of nitrogens with one attached hydrogen (secondary N) is 1. The van der Waals surface area contributed by atoms with E-state index in [4.69, 9.17) is 0 Å². The summed E-state index contributed by atoms with van der Waals surface area (Å²) in [6.07, 6.45) is 0. The lowest BCUT2D eigenvalue weighted by atomic mass is 10.1. The number of anilines is 1. The Hall–Kier alpha value is -1.97. The Labute approximate surface area is 148 Å². The topological polar surface area (TPSA) is 90.0 Å². The van der Waals surface area contributed by atoms with Crippen LogP contribution in [0, 0.1) is 0 Å². The van der Waals surface area contributed by atoms with Gasteiger partial charge < -0.3 is 15.1 Å². The van der Waals surface area contributed by atoms with Gasteiger partial charge in [0.05, 0.1) is 16.1 Å². The van der Waals surface area contributed by atoms with E-state index in [1.54, 1.807) is 4.90 Å². The van der Waals surface area contributed by atoms with E-state index in [2.05, 4.69) is 10.2 Å². The van der Waals surface area contributed by atoms with E-state index < -0.39 is 10.0 Å². The van der Waals surface area contributed by atoms with Crippen molar-refractivity contribution in [2.75, 3.05) is 52.6 Å². The average molecular weight is 368 g/mol. The average Bonchev–Trinajstić information content (AvgIpc) is 2.54. The fourth-order valence-corrected chi connectivity index (χ4v) is 3.48. The molecule has 0 aromatic heterocycles. The molecule has 0 spiro atoms. The molecular weight excluding hydrogens is 344 g/mol. The fraction of sp³-hybridized carbons (Fsp3) is 0.500. The molecule has 1 saturated heterocycles. The summed E-state index contributed by atoms with van der Waals surface area (Å²) < 4.78 is 25.8. The largest absolute Gasteiger partial charge is 0.336 e. The van der Waals surface area contributed by atoms with Crippen molar-refractivity contribution in [1.29, 1.82) is 0 Å². The summed E-state index contributed by atoms with van der Waals surface area (Å²) in [5.41, 5.74) is 0.497. The molecule has 1 N–H and O–H groups in total. The van der Waals surface area contributed by atoms with Crippen molar-refractivity contribution in [3.05, 3.63) is 23.8 Å². The van der Waals surface area contributed by atoms with E-state index in [0.29, 0.717) is 18.8 Å². The maximum absolute atomic E-state index is 12.9. The van der Waals surface area contributed by atoms with Crippen molar-refractivity contribution in [3.8, 4) is 0 Å². The second-order valence-corrected chi connectivity index (χ2v) is 8.42. The molecule has 1 aliphatic rings. The van der Waals surface area contributed by atoms with Crippen LogP contribution in [0.2, 0.25) is 0 Å². The van der Waals surface area contributed by atoms with E-state index in [1.165, 1.54) is 39.2 Å². The van der Waals surface area contributed by atoms with Gasteiger partial charge in [0, 0.05) is 47.2 Å². The molecule has 2 amide bonds. The normalized spacial score (nSPS) is 16.1. The number of carbonyl (C=O) groups excluding carboxylic acids is 2. The van der Waals surface area contributed by atoms with E-state index in [1.807, 2.05) is 7.05 Å². The number of hydrogen-bond acceptors (Lipinski definition) is 5. The molecule has 0 unspecified atom stereocenters. The van der Waals surface area contributed by atoms with Gasteiger partial charge >= 0.3 is 0 Å². The molecule has 8 nitrogen and oxygen atoms in total. The van der Waals surface area contributed by atoms with Crippen LogP contribution in [0.4, 0.5) is 5.69 Å². The quantitative estimate of drug-likeness (QED) is 0.825. The molecular formula is C16H24N4O4S. The number of benzene rings is 1. The number of rotatable bonds is 4. The molecule has 1 aromatic carbocycles. The highest BCUT2D eigenvalue weighted by Gasteiger charge is 2.26. The van der Waals surface area contributed by atoms with Crippen LogP contribution in [0.5, 0.6) is 0 Å². The van der Waals surface area contributed by atoms with Crippen LogP contribution in [0.25, 0.3) is 0 Å². The molecule has 9 heteroatoms. The molecule has 0 bridgehead atoms. The van der Waals surface area contributed by atoms with Gasteiger partial charge in [-0.1, -0.05) is 0 Å². The molecule has 25 heavy (non-hydrogen) atoms. The summed E-state index contributed by atoms with van der Waals surface area (Å²) in [4.78, 5) is 28.1. The molecule has 2 rings (SSSR count). The van der Waals surface area contributed by atoms with Gasteiger partial charge in [0.15, 0.2) is 0 Å². The summed E-state index contributed by atoms with van der Waals surface area (Å²) in [5, 5.41) is 2.60. The Morgan fingerprint density at radius 3 is 2.24 bits per heavy atom. The monoisotopic (exact) mass is 368 g/mol. The van der Waals surface area contributed by atoms with Crippen LogP contribution in [0.3, 0.4) is 0 Å². The van der Waals surface area contributed by atoms with Gasteiger partial charge in [-0.05, 0) is 25.2 Å². The molecule has 0 saturated carbocycles. The second-order valence-electron chi connectivity index (χ2n) is 6.27. The lowest BCUT2D eigenvalue weighted by Crippen LogP contribution is -2.47. The van der Waals surface area contributed by atoms with Crippen LogP contribution in [0.15, 0.2) is 23.1 Å². The zero-order chi connectivity index (χ0) is 18.8. The van der Waals surface area contributed by atoms with Crippen LogP contribution < -0.4 is 5.32 Å². The smallest absolute Gasteiger partial charge is 0.256 e. The number of nitrogens with zero attached hydrogens (tertiary/aromatic N) is 3. The maximum Gasteiger partial charge on any atom is 0.256 e. The van der Waals surface area contributed by atoms with Gasteiger partial charge in [0.2, 0.25) is 15.9 Å². The van der Waals surface area contributed by atoms with Crippen molar-refractivity contribution in [1.82, 2.24) is 14.1 Å². The number of piperazine rings is 1. The summed E-state index contributed by atoms with van der Waals surface area (Å²) in [7, 11) is 1.16. The molecule has 1 aromatic rings. The lowest BCUT2D eigenvalue weighted by molar-refractivity contribution is -0.114. The van der Waals surface area contributed by atoms with Gasteiger partial charge in [0.25, 0.3) is 5.91 Å². The summed E-state index contributed by atoms with van der Waals surface area (Å²) in [6, 6.07) is 4.18. The highest BCUT2D eigenvalue weighted by molar-refractivity contribution is 7.89. The third-order valence-corrected chi connectivity index (χ3v) is 5.91. The Kier molecular flexibility index (Phi) is 5.81. The Morgan fingerprint density at radius 1 is 1.12 bits per heavy atom. The molecule has 0 aliphatic carbocycles. The van der Waals surface area contributed by atoms with Crippen molar-refractivity contribution in [2.45, 2.75) is 11.8 Å². The van der Waals surface area contributed by atoms with Crippen LogP contribution >= 0.6 is 0 Å². The molecule has 0 radical (unpaired) electrons. The maximum atomic E-state index is 12.9. The first-order valence-electron chi connectivity index (χ1n) is 7.95. The molecule has 1 aliphatic heterocycles. The van der Waals surface area contributed by atoms with E-state index in [9.17, 15) is 18.0 Å². The summed E-state index contributed by atoms with van der Waals surface area (Å²) in [6.45, 7) is 3.95. The molecule has 1 fully saturated rings. The van der Waals surface area contributed by atoms with Gasteiger partial charge in [-0.2, -0.15) is 0 Å². The van der Waals surface area contributed by atoms with Crippen molar-refractivity contribution >= 4 is 27.5 Å². The molecule has 0 atom stereocenters. The highest BCUT2D eigenvalue weighted by atomic mass is 32.2. The third-order valence-electron chi connectivity index (χ3n) is 4.10. The van der Waals surface area contributed by atoms with Gasteiger partial charge in [-0.25, -0.2) is 12.7 Å². The third kappa shape index (κ3) is 4.36.